The Hall–Kier alpha value is -3.97. The van der Waals surface area contributed by atoms with Crippen molar-refractivity contribution < 1.29 is 18.3 Å². The fourth-order valence-electron chi connectivity index (χ4n) is 4.72. The molecule has 1 aliphatic heterocycles. The van der Waals surface area contributed by atoms with Crippen LogP contribution in [-0.4, -0.2) is 51.5 Å². The lowest BCUT2D eigenvalue weighted by Gasteiger charge is -2.30. The van der Waals surface area contributed by atoms with Crippen LogP contribution < -0.4 is 0 Å². The number of nitrogens with zero attached hydrogens (tertiary/aromatic N) is 5. The Labute approximate surface area is 195 Å². The molecule has 172 valence electrons. The summed E-state index contributed by atoms with van der Waals surface area (Å²) in [4.78, 5) is 21.5. The normalized spacial score (nSPS) is 15.0. The van der Waals surface area contributed by atoms with E-state index in [-0.39, 0.29) is 22.2 Å². The SMILES string of the molecule is N#Cc1ncc2c(c1CC1CCN(C(=O)O)CC1)c1cccnc1n2S(=O)(=O)c1ccccc1. The van der Waals surface area contributed by atoms with Crippen LogP contribution in [0.15, 0.2) is 59.8 Å². The third kappa shape index (κ3) is 3.54. The van der Waals surface area contributed by atoms with Crippen LogP contribution in [-0.2, 0) is 16.4 Å². The molecule has 4 aromatic rings. The van der Waals surface area contributed by atoms with Gasteiger partial charge in [0.15, 0.2) is 5.65 Å². The molecule has 1 N–H and O–H groups in total. The molecule has 1 amide bonds. The van der Waals surface area contributed by atoms with Crippen LogP contribution in [0.3, 0.4) is 0 Å². The first-order valence-electron chi connectivity index (χ1n) is 10.9. The number of rotatable bonds is 4. The highest BCUT2D eigenvalue weighted by molar-refractivity contribution is 7.90. The lowest BCUT2D eigenvalue weighted by molar-refractivity contribution is 0.124. The predicted molar refractivity (Wildman–Crippen MR) is 125 cm³/mol. The van der Waals surface area contributed by atoms with Crippen molar-refractivity contribution in [3.63, 3.8) is 0 Å². The van der Waals surface area contributed by atoms with Crippen LogP contribution in [0.2, 0.25) is 0 Å². The van der Waals surface area contributed by atoms with E-state index in [1.54, 1.807) is 30.3 Å². The van der Waals surface area contributed by atoms with Crippen molar-refractivity contribution >= 4 is 38.1 Å². The monoisotopic (exact) mass is 475 g/mol. The van der Waals surface area contributed by atoms with E-state index in [2.05, 4.69) is 16.0 Å². The van der Waals surface area contributed by atoms with E-state index < -0.39 is 16.1 Å². The van der Waals surface area contributed by atoms with E-state index in [0.29, 0.717) is 54.2 Å². The van der Waals surface area contributed by atoms with E-state index in [4.69, 9.17) is 0 Å². The van der Waals surface area contributed by atoms with Gasteiger partial charge >= 0.3 is 6.09 Å². The molecule has 0 atom stereocenters. The summed E-state index contributed by atoms with van der Waals surface area (Å²) in [7, 11) is -3.98. The van der Waals surface area contributed by atoms with Gasteiger partial charge in [-0.3, -0.25) is 0 Å². The van der Waals surface area contributed by atoms with Crippen LogP contribution in [0.25, 0.3) is 21.9 Å². The standard InChI is InChI=1S/C24H21N5O4S/c25-14-20-19(13-16-8-11-28(12-9-16)24(30)31)22-18-7-4-10-26-23(18)29(21(22)15-27-20)34(32,33)17-5-2-1-3-6-17/h1-7,10,15-16H,8-9,11-13H2,(H,30,31). The zero-order valence-corrected chi connectivity index (χ0v) is 18.9. The Bertz CT molecular complexity index is 1550. The quantitative estimate of drug-likeness (QED) is 0.477. The highest BCUT2D eigenvalue weighted by Gasteiger charge is 2.29. The Kier molecular flexibility index (Phi) is 5.42. The van der Waals surface area contributed by atoms with Gasteiger partial charge < -0.3 is 10.0 Å². The Morgan fingerprint density at radius 2 is 1.85 bits per heavy atom. The Morgan fingerprint density at radius 1 is 1.12 bits per heavy atom. The summed E-state index contributed by atoms with van der Waals surface area (Å²) >= 11 is 0. The number of fused-ring (bicyclic) bond motifs is 3. The van der Waals surface area contributed by atoms with E-state index in [9.17, 15) is 23.6 Å². The zero-order valence-electron chi connectivity index (χ0n) is 18.1. The van der Waals surface area contributed by atoms with Crippen molar-refractivity contribution in [3.8, 4) is 6.07 Å². The molecule has 3 aromatic heterocycles. The number of aromatic nitrogens is 3. The summed E-state index contributed by atoms with van der Waals surface area (Å²) in [6, 6.07) is 13.8. The van der Waals surface area contributed by atoms with E-state index in [0.717, 1.165) is 0 Å². The maximum Gasteiger partial charge on any atom is 0.407 e. The average molecular weight is 476 g/mol. The second-order valence-electron chi connectivity index (χ2n) is 8.33. The summed E-state index contributed by atoms with van der Waals surface area (Å²) in [6.07, 6.45) is 3.85. The minimum atomic E-state index is -3.98. The number of carboxylic acid groups (broad SMARTS) is 1. The number of benzene rings is 1. The van der Waals surface area contributed by atoms with Crippen molar-refractivity contribution in [2.75, 3.05) is 13.1 Å². The maximum atomic E-state index is 13.6. The van der Waals surface area contributed by atoms with Gasteiger partial charge in [-0.15, -0.1) is 0 Å². The summed E-state index contributed by atoms with van der Waals surface area (Å²) in [6.45, 7) is 0.855. The number of likely N-dealkylation sites (tertiary alicyclic amines) is 1. The first-order valence-corrected chi connectivity index (χ1v) is 12.3. The predicted octanol–water partition coefficient (Wildman–Crippen LogP) is 3.63. The molecule has 1 fully saturated rings. The van der Waals surface area contributed by atoms with Gasteiger partial charge in [0, 0.05) is 30.1 Å². The van der Waals surface area contributed by atoms with Gasteiger partial charge in [-0.05, 0) is 55.0 Å². The van der Waals surface area contributed by atoms with Crippen molar-refractivity contribution in [2.24, 2.45) is 5.92 Å². The van der Waals surface area contributed by atoms with Gasteiger partial charge in [0.05, 0.1) is 16.6 Å². The van der Waals surface area contributed by atoms with Gasteiger partial charge in [-0.1, -0.05) is 18.2 Å². The molecular weight excluding hydrogens is 454 g/mol. The largest absolute Gasteiger partial charge is 0.465 e. The second kappa shape index (κ2) is 8.43. The van der Waals surface area contributed by atoms with Crippen LogP contribution in [0.1, 0.15) is 24.1 Å². The first-order chi connectivity index (χ1) is 16.4. The van der Waals surface area contributed by atoms with Crippen LogP contribution in [0.4, 0.5) is 4.79 Å². The molecule has 0 saturated carbocycles. The number of hydrogen-bond acceptors (Lipinski definition) is 6. The highest BCUT2D eigenvalue weighted by Crippen LogP contribution is 2.36. The topological polar surface area (TPSA) is 129 Å². The summed E-state index contributed by atoms with van der Waals surface area (Å²) in [5.41, 5.74) is 1.57. The highest BCUT2D eigenvalue weighted by atomic mass is 32.2. The maximum absolute atomic E-state index is 13.6. The molecule has 10 heteroatoms. The number of carbonyl (C=O) groups is 1. The van der Waals surface area contributed by atoms with E-state index >= 15 is 0 Å². The molecule has 5 rings (SSSR count). The number of amides is 1. The summed E-state index contributed by atoms with van der Waals surface area (Å²) in [5, 5.41) is 20.3. The van der Waals surface area contributed by atoms with Crippen molar-refractivity contribution in [1.82, 2.24) is 18.8 Å². The molecule has 0 unspecified atom stereocenters. The van der Waals surface area contributed by atoms with Crippen LogP contribution >= 0.6 is 0 Å². The third-order valence-corrected chi connectivity index (χ3v) is 8.11. The molecule has 0 aliphatic carbocycles. The Morgan fingerprint density at radius 3 is 2.53 bits per heavy atom. The molecule has 9 nitrogen and oxygen atoms in total. The minimum Gasteiger partial charge on any atom is -0.465 e. The fourth-order valence-corrected chi connectivity index (χ4v) is 6.20. The number of nitriles is 1. The lowest BCUT2D eigenvalue weighted by Crippen LogP contribution is -2.37. The lowest BCUT2D eigenvalue weighted by atomic mass is 9.88. The third-order valence-electron chi connectivity index (χ3n) is 6.39. The van der Waals surface area contributed by atoms with Crippen molar-refractivity contribution in [1.29, 1.82) is 5.26 Å². The van der Waals surface area contributed by atoms with Gasteiger partial charge in [-0.2, -0.15) is 5.26 Å². The molecule has 4 heterocycles. The molecule has 1 saturated heterocycles. The van der Waals surface area contributed by atoms with Gasteiger partial charge in [0.1, 0.15) is 11.8 Å². The van der Waals surface area contributed by atoms with Gasteiger partial charge in [0.2, 0.25) is 0 Å². The van der Waals surface area contributed by atoms with Crippen molar-refractivity contribution in [2.45, 2.75) is 24.2 Å². The molecule has 0 radical (unpaired) electrons. The van der Waals surface area contributed by atoms with Crippen LogP contribution in [0.5, 0.6) is 0 Å². The first kappa shape index (κ1) is 21.9. The molecule has 34 heavy (non-hydrogen) atoms. The Balaban J connectivity index is 1.70. The van der Waals surface area contributed by atoms with E-state index in [1.807, 2.05) is 0 Å². The average Bonchev–Trinajstić information content (AvgIpc) is 3.20. The molecule has 0 spiro atoms. The molecule has 1 aliphatic rings. The van der Waals surface area contributed by atoms with Gasteiger partial charge in [0.25, 0.3) is 10.0 Å². The number of hydrogen-bond donors (Lipinski definition) is 1. The summed E-state index contributed by atoms with van der Waals surface area (Å²) in [5.74, 6) is 0.149. The summed E-state index contributed by atoms with van der Waals surface area (Å²) < 4.78 is 28.5. The smallest absolute Gasteiger partial charge is 0.407 e. The number of pyridine rings is 2. The van der Waals surface area contributed by atoms with Crippen LogP contribution in [0, 0.1) is 17.2 Å². The zero-order chi connectivity index (χ0) is 23.9. The fraction of sp³-hybridized carbons (Fsp3) is 0.250. The minimum absolute atomic E-state index is 0.131. The van der Waals surface area contributed by atoms with Crippen molar-refractivity contribution in [3.05, 3.63) is 66.1 Å². The molecular formula is C24H21N5O4S. The molecule has 0 bridgehead atoms. The van der Waals surface area contributed by atoms with Gasteiger partial charge in [-0.25, -0.2) is 27.2 Å². The molecule has 1 aromatic carbocycles. The number of piperidine rings is 1. The van der Waals surface area contributed by atoms with E-state index in [1.165, 1.54) is 33.4 Å². The second-order valence-corrected chi connectivity index (χ2v) is 10.1.